The Bertz CT molecular complexity index is 1130. The van der Waals surface area contributed by atoms with Crippen LogP contribution in [0.4, 0.5) is 14.9 Å². The molecule has 206 valence electrons. The van der Waals surface area contributed by atoms with E-state index in [1.54, 1.807) is 31.7 Å². The van der Waals surface area contributed by atoms with E-state index in [0.29, 0.717) is 30.7 Å². The maximum absolute atomic E-state index is 15.4. The number of fused-ring (bicyclic) bond motifs is 1. The van der Waals surface area contributed by atoms with Crippen LogP contribution in [0.2, 0.25) is 0 Å². The van der Waals surface area contributed by atoms with Gasteiger partial charge in [0.25, 0.3) is 5.91 Å². The molecule has 2 aliphatic carbocycles. The number of carbonyl (C=O) groups excluding carboxylic acids is 4. The Labute approximate surface area is 222 Å². The van der Waals surface area contributed by atoms with Crippen molar-refractivity contribution < 1.29 is 28.3 Å². The van der Waals surface area contributed by atoms with Crippen molar-refractivity contribution in [2.75, 3.05) is 11.4 Å². The van der Waals surface area contributed by atoms with Crippen LogP contribution in [0.15, 0.2) is 18.2 Å². The first-order chi connectivity index (χ1) is 18.0. The summed E-state index contributed by atoms with van der Waals surface area (Å²) in [6.07, 6.45) is 2.39. The largest absolute Gasteiger partial charge is 0.444 e. The number of benzene rings is 1. The Morgan fingerprint density at radius 2 is 1.92 bits per heavy atom. The molecule has 4 atom stereocenters. The summed E-state index contributed by atoms with van der Waals surface area (Å²) in [5, 5.41) is 5.06. The third kappa shape index (κ3) is 5.63. The first kappa shape index (κ1) is 26.4. The number of carbonyl (C=O) groups is 4. The van der Waals surface area contributed by atoms with E-state index < -0.39 is 35.9 Å². The summed E-state index contributed by atoms with van der Waals surface area (Å²) in [6, 6.07) is 4.26. The number of piperidine rings is 1. The van der Waals surface area contributed by atoms with Gasteiger partial charge in [-0.05, 0) is 70.9 Å². The van der Waals surface area contributed by atoms with E-state index in [4.69, 9.17) is 4.74 Å². The summed E-state index contributed by atoms with van der Waals surface area (Å²) in [5.74, 6) is -0.430. The van der Waals surface area contributed by atoms with Crippen LogP contribution in [0.25, 0.3) is 0 Å². The summed E-state index contributed by atoms with van der Waals surface area (Å²) in [6.45, 7) is 6.39. The molecule has 1 aromatic rings. The number of hydrogen-bond acceptors (Lipinski definition) is 6. The summed E-state index contributed by atoms with van der Waals surface area (Å²) in [5.41, 5.74) is 1.67. The Morgan fingerprint density at radius 3 is 2.58 bits per heavy atom. The van der Waals surface area contributed by atoms with E-state index >= 15 is 4.39 Å². The Balaban J connectivity index is 1.33. The molecule has 2 N–H and O–H groups in total. The highest BCUT2D eigenvalue weighted by Crippen LogP contribution is 2.40. The molecule has 2 aliphatic heterocycles. The lowest BCUT2D eigenvalue weighted by atomic mass is 9.87. The van der Waals surface area contributed by atoms with Crippen LogP contribution in [0.1, 0.15) is 81.6 Å². The van der Waals surface area contributed by atoms with E-state index in [1.165, 1.54) is 0 Å². The molecule has 5 rings (SSSR count). The summed E-state index contributed by atoms with van der Waals surface area (Å²) < 4.78 is 20.7. The minimum absolute atomic E-state index is 0.0754. The Morgan fingerprint density at radius 1 is 1.16 bits per heavy atom. The highest BCUT2D eigenvalue weighted by Gasteiger charge is 2.42. The number of ether oxygens (including phenoxy) is 1. The van der Waals surface area contributed by atoms with Gasteiger partial charge in [0.2, 0.25) is 11.8 Å². The second kappa shape index (κ2) is 10.2. The molecule has 3 fully saturated rings. The maximum atomic E-state index is 15.4. The van der Waals surface area contributed by atoms with Crippen LogP contribution in [-0.2, 0) is 20.9 Å². The van der Waals surface area contributed by atoms with Crippen molar-refractivity contribution in [1.29, 1.82) is 0 Å². The van der Waals surface area contributed by atoms with Crippen molar-refractivity contribution in [3.63, 3.8) is 0 Å². The van der Waals surface area contributed by atoms with Crippen LogP contribution in [0.3, 0.4) is 0 Å². The molecule has 10 heteroatoms. The van der Waals surface area contributed by atoms with Gasteiger partial charge in [-0.1, -0.05) is 6.07 Å². The smallest absolute Gasteiger partial charge is 0.407 e. The first-order valence-corrected chi connectivity index (χ1v) is 13.7. The van der Waals surface area contributed by atoms with Gasteiger partial charge < -0.3 is 19.9 Å². The number of imide groups is 1. The van der Waals surface area contributed by atoms with Gasteiger partial charge in [-0.25, -0.2) is 9.18 Å². The molecule has 38 heavy (non-hydrogen) atoms. The number of nitrogens with zero attached hydrogens (tertiary/aromatic N) is 2. The van der Waals surface area contributed by atoms with Gasteiger partial charge in [-0.15, -0.1) is 0 Å². The van der Waals surface area contributed by atoms with Crippen molar-refractivity contribution in [1.82, 2.24) is 15.5 Å². The van der Waals surface area contributed by atoms with Gasteiger partial charge in [-0.2, -0.15) is 0 Å². The van der Waals surface area contributed by atoms with Gasteiger partial charge >= 0.3 is 6.09 Å². The quantitative estimate of drug-likeness (QED) is 0.548. The highest BCUT2D eigenvalue weighted by atomic mass is 19.1. The van der Waals surface area contributed by atoms with E-state index in [2.05, 4.69) is 15.5 Å². The number of amides is 4. The number of alkyl carbamates (subject to hydrolysis) is 1. The van der Waals surface area contributed by atoms with Crippen molar-refractivity contribution in [2.24, 2.45) is 5.92 Å². The van der Waals surface area contributed by atoms with Gasteiger partial charge in [0.05, 0.1) is 6.04 Å². The maximum Gasteiger partial charge on any atom is 0.407 e. The van der Waals surface area contributed by atoms with Crippen molar-refractivity contribution >= 4 is 29.5 Å². The van der Waals surface area contributed by atoms with Crippen LogP contribution in [-0.4, -0.2) is 65.2 Å². The molecule has 0 aromatic heterocycles. The van der Waals surface area contributed by atoms with Crippen LogP contribution in [0, 0.1) is 5.92 Å². The molecule has 0 spiro atoms. The SMILES string of the molecule is CC(C)(C)OC(=O)N[C@@H]1CC[C@@H](N(CC2CC2)c2cccc3c2CN(C2CCC(=O)NC2=O)C3=O)C[C@H]1F. The number of halogens is 1. The average molecular weight is 529 g/mol. The zero-order chi connectivity index (χ0) is 27.2. The predicted molar refractivity (Wildman–Crippen MR) is 138 cm³/mol. The Hall–Kier alpha value is -3.17. The molecule has 2 heterocycles. The standard InChI is InChI=1S/C28H37FN4O5/c1-28(2,3)38-27(37)30-21-10-9-17(13-20(21)29)32(14-16-7-8-16)22-6-4-5-18-19(22)15-33(26(18)36)23-11-12-24(34)31-25(23)35/h4-6,16-17,20-21,23H,7-15H2,1-3H3,(H,30,37)(H,31,34,35)/t17-,20-,21-,23?/m1/s1. The first-order valence-electron chi connectivity index (χ1n) is 13.7. The molecule has 0 bridgehead atoms. The summed E-state index contributed by atoms with van der Waals surface area (Å²) in [7, 11) is 0. The monoisotopic (exact) mass is 528 g/mol. The fraction of sp³-hybridized carbons (Fsp3) is 0.643. The highest BCUT2D eigenvalue weighted by molar-refractivity contribution is 6.06. The van der Waals surface area contributed by atoms with Crippen LogP contribution >= 0.6 is 0 Å². The van der Waals surface area contributed by atoms with Crippen LogP contribution in [0.5, 0.6) is 0 Å². The van der Waals surface area contributed by atoms with E-state index in [9.17, 15) is 19.2 Å². The topological polar surface area (TPSA) is 108 Å². The number of alkyl halides is 1. The molecule has 4 amide bonds. The van der Waals surface area contributed by atoms with Crippen molar-refractivity contribution in [3.05, 3.63) is 29.3 Å². The fourth-order valence-electron chi connectivity index (χ4n) is 5.86. The number of hydrogen-bond donors (Lipinski definition) is 2. The second-order valence-electron chi connectivity index (χ2n) is 12.0. The lowest BCUT2D eigenvalue weighted by molar-refractivity contribution is -0.136. The van der Waals surface area contributed by atoms with Crippen molar-refractivity contribution in [2.45, 2.75) is 102 Å². The third-order valence-electron chi connectivity index (χ3n) is 7.91. The minimum Gasteiger partial charge on any atom is -0.444 e. The molecule has 4 aliphatic rings. The second-order valence-corrected chi connectivity index (χ2v) is 12.0. The van der Waals surface area contributed by atoms with Crippen molar-refractivity contribution in [3.8, 4) is 0 Å². The minimum atomic E-state index is -1.22. The summed E-state index contributed by atoms with van der Waals surface area (Å²) in [4.78, 5) is 53.5. The van der Waals surface area contributed by atoms with Gasteiger partial charge in [0.1, 0.15) is 17.8 Å². The lowest BCUT2D eigenvalue weighted by Gasteiger charge is -2.41. The number of nitrogens with one attached hydrogen (secondary N) is 2. The fourth-order valence-corrected chi connectivity index (χ4v) is 5.86. The molecule has 1 saturated heterocycles. The molecule has 2 saturated carbocycles. The third-order valence-corrected chi connectivity index (χ3v) is 7.91. The zero-order valence-corrected chi connectivity index (χ0v) is 22.3. The van der Waals surface area contributed by atoms with E-state index in [1.807, 2.05) is 12.1 Å². The van der Waals surface area contributed by atoms with Crippen LogP contribution < -0.4 is 15.5 Å². The number of rotatable bonds is 6. The molecular formula is C28H37FN4O5. The average Bonchev–Trinajstić information content (AvgIpc) is 3.59. The Kier molecular flexibility index (Phi) is 7.09. The summed E-state index contributed by atoms with van der Waals surface area (Å²) >= 11 is 0. The van der Waals surface area contributed by atoms with Gasteiger partial charge in [0.15, 0.2) is 0 Å². The normalized spacial score (nSPS) is 27.6. The zero-order valence-electron chi connectivity index (χ0n) is 22.3. The van der Waals surface area contributed by atoms with E-state index in [0.717, 1.165) is 30.6 Å². The van der Waals surface area contributed by atoms with E-state index in [-0.39, 0.29) is 37.2 Å². The molecule has 9 nitrogen and oxygen atoms in total. The predicted octanol–water partition coefficient (Wildman–Crippen LogP) is 3.45. The molecule has 0 radical (unpaired) electrons. The van der Waals surface area contributed by atoms with Gasteiger partial charge in [0, 0.05) is 48.8 Å². The van der Waals surface area contributed by atoms with Gasteiger partial charge in [-0.3, -0.25) is 19.7 Å². The molecule has 1 unspecified atom stereocenters. The number of anilines is 1. The lowest BCUT2D eigenvalue weighted by Crippen LogP contribution is -2.52. The molecular weight excluding hydrogens is 491 g/mol. The molecule has 1 aromatic carbocycles.